The Morgan fingerprint density at radius 3 is 2.29 bits per heavy atom. The zero-order chi connectivity index (χ0) is 12.0. The normalized spacial score (nSPS) is 11.2. The molecule has 0 atom stereocenters. The number of aromatic nitrogens is 1. The van der Waals surface area contributed by atoms with Gasteiger partial charge in [-0.3, -0.25) is 0 Å². The van der Waals surface area contributed by atoms with E-state index >= 15 is 0 Å². The largest absolute Gasteiger partial charge is 0.497 e. The number of aryl methyl sites for hydroxylation is 2. The van der Waals surface area contributed by atoms with Gasteiger partial charge < -0.3 is 9.30 Å². The topological polar surface area (TPSA) is 14.2 Å². The number of hydrogen-bond acceptors (Lipinski definition) is 1. The van der Waals surface area contributed by atoms with Crippen molar-refractivity contribution in [2.75, 3.05) is 7.11 Å². The summed E-state index contributed by atoms with van der Waals surface area (Å²) in [7, 11) is 3.80. The van der Waals surface area contributed by atoms with E-state index < -0.39 is 0 Å². The number of benzene rings is 2. The molecule has 86 valence electrons. The number of methoxy groups -OCH3 is 1. The number of nitrogens with zero attached hydrogens (tertiary/aromatic N) is 1. The van der Waals surface area contributed by atoms with Crippen molar-refractivity contribution in [3.05, 3.63) is 42.0 Å². The van der Waals surface area contributed by atoms with Crippen molar-refractivity contribution in [2.24, 2.45) is 7.05 Å². The smallest absolute Gasteiger partial charge is 0.120 e. The van der Waals surface area contributed by atoms with E-state index in [1.807, 2.05) is 6.07 Å². The lowest BCUT2D eigenvalue weighted by atomic mass is 10.1. The Kier molecular flexibility index (Phi) is 2.11. The van der Waals surface area contributed by atoms with E-state index in [-0.39, 0.29) is 0 Å². The molecule has 0 aliphatic carbocycles. The Labute approximate surface area is 100 Å². The molecule has 0 radical (unpaired) electrons. The van der Waals surface area contributed by atoms with E-state index in [1.165, 1.54) is 27.4 Å². The molecule has 0 aliphatic rings. The molecule has 0 saturated heterocycles. The third-order valence-corrected chi connectivity index (χ3v) is 3.37. The van der Waals surface area contributed by atoms with Crippen LogP contribution >= 0.6 is 0 Å². The molecular weight excluding hydrogens is 210 g/mol. The van der Waals surface area contributed by atoms with Gasteiger partial charge in [0, 0.05) is 29.4 Å². The summed E-state index contributed by atoms with van der Waals surface area (Å²) in [5.74, 6) is 0.903. The Balaban J connectivity index is 2.48. The molecule has 0 N–H and O–H groups in total. The fourth-order valence-electron chi connectivity index (χ4n) is 2.42. The molecule has 0 amide bonds. The minimum atomic E-state index is 0.903. The summed E-state index contributed by atoms with van der Waals surface area (Å²) in [5.41, 5.74) is 3.77. The first-order valence-corrected chi connectivity index (χ1v) is 5.73. The van der Waals surface area contributed by atoms with Crippen molar-refractivity contribution in [1.29, 1.82) is 0 Å². The molecule has 0 saturated carbocycles. The van der Waals surface area contributed by atoms with E-state index in [9.17, 15) is 0 Å². The summed E-state index contributed by atoms with van der Waals surface area (Å²) in [5, 5.41) is 2.58. The molecule has 0 bridgehead atoms. The van der Waals surface area contributed by atoms with E-state index in [2.05, 4.69) is 48.9 Å². The second-order valence-electron chi connectivity index (χ2n) is 4.46. The summed E-state index contributed by atoms with van der Waals surface area (Å²) in [6.45, 7) is 2.12. The zero-order valence-corrected chi connectivity index (χ0v) is 10.3. The van der Waals surface area contributed by atoms with E-state index in [0.717, 1.165) is 5.75 Å². The monoisotopic (exact) mass is 225 g/mol. The fraction of sp³-hybridized carbons (Fsp3) is 0.200. The van der Waals surface area contributed by atoms with Gasteiger partial charge in [-0.1, -0.05) is 12.1 Å². The maximum atomic E-state index is 5.28. The van der Waals surface area contributed by atoms with E-state index in [4.69, 9.17) is 4.74 Å². The van der Waals surface area contributed by atoms with Crippen molar-refractivity contribution in [1.82, 2.24) is 4.57 Å². The lowest BCUT2D eigenvalue weighted by Gasteiger charge is -2.01. The molecule has 2 aromatic carbocycles. The maximum absolute atomic E-state index is 5.28. The molecule has 3 aromatic rings. The predicted octanol–water partition coefficient (Wildman–Crippen LogP) is 3.65. The average Bonchev–Trinajstić information content (AvgIpc) is 2.62. The molecule has 2 heteroatoms. The van der Waals surface area contributed by atoms with Gasteiger partial charge in [0.15, 0.2) is 0 Å². The summed E-state index contributed by atoms with van der Waals surface area (Å²) in [6, 6.07) is 12.8. The van der Waals surface area contributed by atoms with Crippen LogP contribution in [0, 0.1) is 6.92 Å². The van der Waals surface area contributed by atoms with Gasteiger partial charge in [0.05, 0.1) is 12.6 Å². The Morgan fingerprint density at radius 1 is 0.941 bits per heavy atom. The molecule has 17 heavy (non-hydrogen) atoms. The summed E-state index contributed by atoms with van der Waals surface area (Å²) < 4.78 is 7.51. The van der Waals surface area contributed by atoms with Crippen LogP contribution in [-0.2, 0) is 7.05 Å². The van der Waals surface area contributed by atoms with E-state index in [0.29, 0.717) is 0 Å². The number of hydrogen-bond donors (Lipinski definition) is 0. The Hall–Kier alpha value is -1.96. The summed E-state index contributed by atoms with van der Waals surface area (Å²) >= 11 is 0. The number of rotatable bonds is 1. The van der Waals surface area contributed by atoms with Gasteiger partial charge >= 0.3 is 0 Å². The van der Waals surface area contributed by atoms with Crippen LogP contribution in [0.3, 0.4) is 0 Å². The standard InChI is InChI=1S/C15H15NO/c1-10-4-6-12-13-7-5-11(17-3)9-15(13)16(2)14(12)8-10/h4-9H,1-3H3. The Morgan fingerprint density at radius 2 is 1.59 bits per heavy atom. The molecule has 2 nitrogen and oxygen atoms in total. The van der Waals surface area contributed by atoms with Gasteiger partial charge in [-0.15, -0.1) is 0 Å². The third-order valence-electron chi connectivity index (χ3n) is 3.37. The van der Waals surface area contributed by atoms with Crippen molar-refractivity contribution < 1.29 is 4.74 Å². The second kappa shape index (κ2) is 3.52. The first-order valence-electron chi connectivity index (χ1n) is 5.73. The number of fused-ring (bicyclic) bond motifs is 3. The van der Waals surface area contributed by atoms with Crippen LogP contribution < -0.4 is 4.74 Å². The van der Waals surface area contributed by atoms with Crippen molar-refractivity contribution >= 4 is 21.8 Å². The highest BCUT2D eigenvalue weighted by atomic mass is 16.5. The highest BCUT2D eigenvalue weighted by Crippen LogP contribution is 2.31. The first-order chi connectivity index (χ1) is 8.20. The quantitative estimate of drug-likeness (QED) is 0.616. The predicted molar refractivity (Wildman–Crippen MR) is 71.7 cm³/mol. The van der Waals surface area contributed by atoms with Crippen LogP contribution in [0.2, 0.25) is 0 Å². The van der Waals surface area contributed by atoms with Crippen LogP contribution in [-0.4, -0.2) is 11.7 Å². The van der Waals surface area contributed by atoms with Gasteiger partial charge in [-0.25, -0.2) is 0 Å². The molecule has 0 spiro atoms. The lowest BCUT2D eigenvalue weighted by Crippen LogP contribution is -1.88. The number of ether oxygens (including phenoxy) is 1. The van der Waals surface area contributed by atoms with Gasteiger partial charge in [-0.05, 0) is 30.7 Å². The molecule has 0 fully saturated rings. The molecule has 1 heterocycles. The van der Waals surface area contributed by atoms with Crippen LogP contribution in [0.15, 0.2) is 36.4 Å². The SMILES string of the molecule is COc1ccc2c3ccc(C)cc3n(C)c2c1. The summed E-state index contributed by atoms with van der Waals surface area (Å²) in [6.07, 6.45) is 0. The van der Waals surface area contributed by atoms with Crippen LogP contribution in [0.25, 0.3) is 21.8 Å². The van der Waals surface area contributed by atoms with Crippen LogP contribution in [0.1, 0.15) is 5.56 Å². The maximum Gasteiger partial charge on any atom is 0.120 e. The molecule has 3 rings (SSSR count). The highest BCUT2D eigenvalue weighted by molar-refractivity contribution is 6.08. The van der Waals surface area contributed by atoms with E-state index in [1.54, 1.807) is 7.11 Å². The van der Waals surface area contributed by atoms with Gasteiger partial charge in [0.1, 0.15) is 5.75 Å². The van der Waals surface area contributed by atoms with Crippen molar-refractivity contribution in [3.8, 4) is 5.75 Å². The minimum absolute atomic E-state index is 0.903. The third kappa shape index (κ3) is 1.41. The van der Waals surface area contributed by atoms with Crippen molar-refractivity contribution in [3.63, 3.8) is 0 Å². The lowest BCUT2D eigenvalue weighted by molar-refractivity contribution is 0.415. The second-order valence-corrected chi connectivity index (χ2v) is 4.46. The Bertz CT molecular complexity index is 710. The first kappa shape index (κ1) is 10.2. The average molecular weight is 225 g/mol. The molecule has 1 aromatic heterocycles. The molecule has 0 aliphatic heterocycles. The van der Waals surface area contributed by atoms with Gasteiger partial charge in [0.2, 0.25) is 0 Å². The summed E-state index contributed by atoms with van der Waals surface area (Å²) in [4.78, 5) is 0. The highest BCUT2D eigenvalue weighted by Gasteiger charge is 2.08. The molecular formula is C15H15NO. The van der Waals surface area contributed by atoms with Crippen LogP contribution in [0.5, 0.6) is 5.75 Å². The van der Waals surface area contributed by atoms with Gasteiger partial charge in [-0.2, -0.15) is 0 Å². The van der Waals surface area contributed by atoms with Crippen LogP contribution in [0.4, 0.5) is 0 Å². The molecule has 0 unspecified atom stereocenters. The minimum Gasteiger partial charge on any atom is -0.497 e. The van der Waals surface area contributed by atoms with Gasteiger partial charge in [0.25, 0.3) is 0 Å². The fourth-order valence-corrected chi connectivity index (χ4v) is 2.42. The van der Waals surface area contributed by atoms with Crippen molar-refractivity contribution in [2.45, 2.75) is 6.92 Å². The zero-order valence-electron chi connectivity index (χ0n) is 10.3.